The number of carbonyl (C=O) groups excluding carboxylic acids is 1. The molecule has 2 atom stereocenters. The summed E-state index contributed by atoms with van der Waals surface area (Å²) in [6.45, 7) is 5.42. The zero-order valence-corrected chi connectivity index (χ0v) is 24.2. The Bertz CT molecular complexity index is 1460. The predicted octanol–water partition coefficient (Wildman–Crippen LogP) is 2.94. The lowest BCUT2D eigenvalue weighted by molar-refractivity contribution is -0.138. The number of nitrogens with zero attached hydrogens (tertiary/aromatic N) is 7. The van der Waals surface area contributed by atoms with E-state index in [0.717, 1.165) is 53.9 Å². The number of piperidine rings is 1. The second-order valence-corrected chi connectivity index (χ2v) is 12.3. The van der Waals surface area contributed by atoms with Gasteiger partial charge < -0.3 is 30.2 Å². The Kier molecular flexibility index (Phi) is 7.41. The molecule has 0 spiro atoms. The summed E-state index contributed by atoms with van der Waals surface area (Å²) in [5.41, 5.74) is 3.50. The van der Waals surface area contributed by atoms with Crippen molar-refractivity contribution in [1.82, 2.24) is 29.7 Å². The fourth-order valence-electron chi connectivity index (χ4n) is 7.40. The molecule has 3 saturated heterocycles. The number of likely N-dealkylation sites (tertiary alicyclic amines) is 1. The van der Waals surface area contributed by atoms with Gasteiger partial charge in [0.15, 0.2) is 5.82 Å². The summed E-state index contributed by atoms with van der Waals surface area (Å²) in [4.78, 5) is 39.2. The Labute approximate surface area is 246 Å². The van der Waals surface area contributed by atoms with E-state index in [4.69, 9.17) is 15.0 Å². The topological polar surface area (TPSA) is 131 Å². The van der Waals surface area contributed by atoms with Gasteiger partial charge in [-0.3, -0.25) is 4.79 Å². The first-order valence-electron chi connectivity index (χ1n) is 15.5. The first-order chi connectivity index (χ1) is 20.5. The normalized spacial score (nSPS) is 24.7. The van der Waals surface area contributed by atoms with E-state index in [-0.39, 0.29) is 18.4 Å². The van der Waals surface area contributed by atoms with Crippen molar-refractivity contribution < 1.29 is 15.0 Å². The smallest absolute Gasteiger partial charge is 0.229 e. The highest BCUT2D eigenvalue weighted by molar-refractivity contribution is 5.90. The number of carbonyl (C=O) groups is 1. The molecule has 42 heavy (non-hydrogen) atoms. The highest BCUT2D eigenvalue weighted by atomic mass is 16.3. The van der Waals surface area contributed by atoms with E-state index in [1.807, 2.05) is 23.1 Å². The van der Waals surface area contributed by atoms with Crippen LogP contribution in [0.1, 0.15) is 68.5 Å². The Morgan fingerprint density at radius 3 is 2.67 bits per heavy atom. The molecular weight excluding hydrogens is 532 g/mol. The quantitative estimate of drug-likeness (QED) is 0.388. The van der Waals surface area contributed by atoms with Gasteiger partial charge >= 0.3 is 0 Å². The summed E-state index contributed by atoms with van der Waals surface area (Å²) < 4.78 is 0. The maximum absolute atomic E-state index is 13.3. The van der Waals surface area contributed by atoms with Gasteiger partial charge in [-0.15, -0.1) is 0 Å². The zero-order chi connectivity index (χ0) is 28.8. The lowest BCUT2D eigenvalue weighted by Gasteiger charge is -2.36. The summed E-state index contributed by atoms with van der Waals surface area (Å²) >= 11 is 0. The van der Waals surface area contributed by atoms with Gasteiger partial charge in [-0.1, -0.05) is 6.07 Å². The van der Waals surface area contributed by atoms with Crippen LogP contribution in [0.15, 0.2) is 24.4 Å². The number of amides is 1. The monoisotopic (exact) mass is 572 g/mol. The SMILES string of the molecule is CC(O)c1cc2cnc(Nc3ccc4c(n3)CCN(C(=O)[C@@H]3CCCN(CCO)C3)C4)nc2c(N2C3CCC2CC3)n1. The predicted molar refractivity (Wildman–Crippen MR) is 159 cm³/mol. The molecule has 7 heterocycles. The number of pyridine rings is 2. The van der Waals surface area contributed by atoms with Gasteiger partial charge in [-0.2, -0.15) is 0 Å². The summed E-state index contributed by atoms with van der Waals surface area (Å²) in [6.07, 6.45) is 8.44. The number of aliphatic hydroxyl groups is 2. The first kappa shape index (κ1) is 27.4. The van der Waals surface area contributed by atoms with Gasteiger partial charge in [-0.05, 0) is 69.7 Å². The van der Waals surface area contributed by atoms with E-state index in [1.54, 1.807) is 13.1 Å². The van der Waals surface area contributed by atoms with Crippen molar-refractivity contribution in [1.29, 1.82) is 0 Å². The van der Waals surface area contributed by atoms with Crippen molar-refractivity contribution in [3.8, 4) is 0 Å². The number of β-amino-alcohol motifs (C(OH)–C–C–N with tert-alkyl or cyclic N) is 1. The molecule has 222 valence electrons. The molecular formula is C31H40N8O3. The molecule has 0 aliphatic carbocycles. The van der Waals surface area contributed by atoms with Gasteiger partial charge in [0.05, 0.1) is 24.3 Å². The van der Waals surface area contributed by atoms with Crippen LogP contribution >= 0.6 is 0 Å². The van der Waals surface area contributed by atoms with Crippen molar-refractivity contribution in [3.63, 3.8) is 0 Å². The lowest BCUT2D eigenvalue weighted by Crippen LogP contribution is -2.46. The summed E-state index contributed by atoms with van der Waals surface area (Å²) in [5, 5.41) is 23.8. The Morgan fingerprint density at radius 1 is 1.10 bits per heavy atom. The Hall–Kier alpha value is -3.41. The molecule has 11 nitrogen and oxygen atoms in total. The summed E-state index contributed by atoms with van der Waals surface area (Å²) in [7, 11) is 0. The Morgan fingerprint density at radius 2 is 1.90 bits per heavy atom. The summed E-state index contributed by atoms with van der Waals surface area (Å²) in [6, 6.07) is 6.82. The molecule has 1 amide bonds. The minimum absolute atomic E-state index is 0.00222. The minimum Gasteiger partial charge on any atom is -0.395 e. The lowest BCUT2D eigenvalue weighted by atomic mass is 9.95. The van der Waals surface area contributed by atoms with Crippen LogP contribution < -0.4 is 10.2 Å². The van der Waals surface area contributed by atoms with Crippen molar-refractivity contribution in [3.05, 3.63) is 41.3 Å². The van der Waals surface area contributed by atoms with Crippen molar-refractivity contribution >= 4 is 34.4 Å². The number of fused-ring (bicyclic) bond motifs is 4. The second kappa shape index (κ2) is 11.3. The van der Waals surface area contributed by atoms with Crippen LogP contribution in [0.5, 0.6) is 0 Å². The van der Waals surface area contributed by atoms with E-state index in [0.29, 0.717) is 55.6 Å². The fraction of sp³-hybridized carbons (Fsp3) is 0.581. The van der Waals surface area contributed by atoms with E-state index >= 15 is 0 Å². The van der Waals surface area contributed by atoms with E-state index in [1.165, 1.54) is 25.7 Å². The van der Waals surface area contributed by atoms with Crippen molar-refractivity contribution in [2.45, 2.75) is 76.6 Å². The number of anilines is 3. The van der Waals surface area contributed by atoms with E-state index in [9.17, 15) is 15.0 Å². The van der Waals surface area contributed by atoms with Crippen LogP contribution in [-0.4, -0.2) is 90.7 Å². The molecule has 3 aromatic heterocycles. The number of rotatable bonds is 7. The molecule has 4 aliphatic heterocycles. The number of nitrogens with one attached hydrogen (secondary N) is 1. The van der Waals surface area contributed by atoms with Gasteiger partial charge in [0.2, 0.25) is 11.9 Å². The minimum atomic E-state index is -0.666. The molecule has 2 bridgehead atoms. The van der Waals surface area contributed by atoms with Crippen LogP contribution in [0.2, 0.25) is 0 Å². The first-order valence-corrected chi connectivity index (χ1v) is 15.5. The molecule has 3 fully saturated rings. The van der Waals surface area contributed by atoms with Crippen LogP contribution in [0.3, 0.4) is 0 Å². The van der Waals surface area contributed by atoms with E-state index in [2.05, 4.69) is 20.1 Å². The zero-order valence-electron chi connectivity index (χ0n) is 24.2. The molecule has 11 heteroatoms. The fourth-order valence-corrected chi connectivity index (χ4v) is 7.40. The van der Waals surface area contributed by atoms with Gasteiger partial charge in [0.25, 0.3) is 0 Å². The second-order valence-electron chi connectivity index (χ2n) is 12.3. The van der Waals surface area contributed by atoms with Crippen molar-refractivity contribution in [2.75, 3.05) is 43.0 Å². The van der Waals surface area contributed by atoms with Gasteiger partial charge in [0, 0.05) is 62.0 Å². The number of aliphatic hydroxyl groups excluding tert-OH is 2. The molecule has 0 saturated carbocycles. The summed E-state index contributed by atoms with van der Waals surface area (Å²) in [5.74, 6) is 2.20. The van der Waals surface area contributed by atoms with Crippen LogP contribution in [-0.2, 0) is 17.8 Å². The van der Waals surface area contributed by atoms with Gasteiger partial charge in [0.1, 0.15) is 11.3 Å². The molecule has 4 aliphatic rings. The van der Waals surface area contributed by atoms with Crippen LogP contribution in [0.25, 0.3) is 10.9 Å². The third kappa shape index (κ3) is 5.18. The van der Waals surface area contributed by atoms with Crippen LogP contribution in [0.4, 0.5) is 17.6 Å². The number of aromatic nitrogens is 4. The average Bonchev–Trinajstić information content (AvgIpc) is 3.61. The molecule has 1 unspecified atom stereocenters. The molecule has 3 aromatic rings. The third-order valence-electron chi connectivity index (χ3n) is 9.56. The molecule has 7 rings (SSSR count). The largest absolute Gasteiger partial charge is 0.395 e. The van der Waals surface area contributed by atoms with Crippen molar-refractivity contribution in [2.24, 2.45) is 5.92 Å². The van der Waals surface area contributed by atoms with Gasteiger partial charge in [-0.25, -0.2) is 19.9 Å². The third-order valence-corrected chi connectivity index (χ3v) is 9.56. The molecule has 3 N–H and O–H groups in total. The highest BCUT2D eigenvalue weighted by Crippen LogP contribution is 2.42. The van der Waals surface area contributed by atoms with Crippen LogP contribution in [0, 0.1) is 5.92 Å². The highest BCUT2D eigenvalue weighted by Gasteiger charge is 2.41. The average molecular weight is 573 g/mol. The van der Waals surface area contributed by atoms with E-state index < -0.39 is 6.10 Å². The molecule has 0 aromatic carbocycles. The maximum Gasteiger partial charge on any atom is 0.229 e. The Balaban J connectivity index is 1.09. The number of hydrogen-bond acceptors (Lipinski definition) is 10. The molecule has 0 radical (unpaired) electrons. The maximum atomic E-state index is 13.3. The number of hydrogen-bond donors (Lipinski definition) is 3. The standard InChI is InChI=1S/C31H40N8O3/c1-19(41)26-15-22-16-32-31(36-28(22)29(34-26)39-23-5-6-24(39)8-7-23)35-27-9-4-20-18-38(12-10-25(20)33-27)30(42)21-3-2-11-37(17-21)13-14-40/h4,9,15-16,19,21,23-24,40-41H,2-3,5-8,10-14,17-18H2,1H3,(H,32,33,35,36)/t19?,21-,23?,24?/m1/s1.